The largest absolute Gasteiger partial charge is 0.493 e. The standard InChI is InChI=1S/C25H23BrFN3O4/c1-33-22-14-18(13-21(26)25(22)34-16-17-5-3-2-4-6-17)15-28-30-24(32)12-11-23(31)29-20-9-7-19(27)8-10-20/h2-10,13-15H,11-12,16H2,1H3,(H,29,31)(H,30,32). The van der Waals surface area contributed by atoms with Gasteiger partial charge in [-0.25, -0.2) is 9.82 Å². The van der Waals surface area contributed by atoms with E-state index in [1.54, 1.807) is 12.1 Å². The van der Waals surface area contributed by atoms with Crippen LogP contribution in [0.1, 0.15) is 24.0 Å². The summed E-state index contributed by atoms with van der Waals surface area (Å²) in [6.45, 7) is 0.383. The number of nitrogens with one attached hydrogen (secondary N) is 2. The number of benzene rings is 3. The Bertz CT molecular complexity index is 1150. The van der Waals surface area contributed by atoms with Crippen LogP contribution in [0.3, 0.4) is 0 Å². The first-order valence-electron chi connectivity index (χ1n) is 10.4. The van der Waals surface area contributed by atoms with Crippen LogP contribution < -0.4 is 20.2 Å². The van der Waals surface area contributed by atoms with Crippen LogP contribution in [0.4, 0.5) is 10.1 Å². The van der Waals surface area contributed by atoms with Crippen molar-refractivity contribution in [2.75, 3.05) is 12.4 Å². The van der Waals surface area contributed by atoms with Crippen molar-refractivity contribution in [3.63, 3.8) is 0 Å². The van der Waals surface area contributed by atoms with E-state index in [0.717, 1.165) is 5.56 Å². The smallest absolute Gasteiger partial charge is 0.240 e. The van der Waals surface area contributed by atoms with Crippen LogP contribution in [0.25, 0.3) is 0 Å². The SMILES string of the molecule is COc1cc(C=NNC(=O)CCC(=O)Nc2ccc(F)cc2)cc(Br)c1OCc1ccccc1. The van der Waals surface area contributed by atoms with Gasteiger partial charge in [-0.1, -0.05) is 30.3 Å². The summed E-state index contributed by atoms with van der Waals surface area (Å²) < 4.78 is 24.9. The molecule has 7 nitrogen and oxygen atoms in total. The minimum atomic E-state index is -0.417. The maximum absolute atomic E-state index is 12.9. The van der Waals surface area contributed by atoms with Gasteiger partial charge in [-0.2, -0.15) is 5.10 Å². The molecule has 0 saturated heterocycles. The minimum absolute atomic E-state index is 0.0362. The van der Waals surface area contributed by atoms with Gasteiger partial charge < -0.3 is 14.8 Å². The number of carbonyl (C=O) groups excluding carboxylic acids is 2. The predicted octanol–water partition coefficient (Wildman–Crippen LogP) is 5.04. The molecule has 176 valence electrons. The molecule has 0 fully saturated rings. The summed E-state index contributed by atoms with van der Waals surface area (Å²) in [5.74, 6) is -0.102. The Hall–Kier alpha value is -3.72. The lowest BCUT2D eigenvalue weighted by atomic mass is 10.2. The Morgan fingerprint density at radius 1 is 1.03 bits per heavy atom. The van der Waals surface area contributed by atoms with Crippen molar-refractivity contribution in [1.29, 1.82) is 0 Å². The van der Waals surface area contributed by atoms with Gasteiger partial charge in [-0.3, -0.25) is 9.59 Å². The molecule has 34 heavy (non-hydrogen) atoms. The average Bonchev–Trinajstić information content (AvgIpc) is 2.84. The van der Waals surface area contributed by atoms with Crippen molar-refractivity contribution in [2.24, 2.45) is 5.10 Å². The van der Waals surface area contributed by atoms with Crippen LogP contribution in [0.5, 0.6) is 11.5 Å². The van der Waals surface area contributed by atoms with Crippen LogP contribution in [0.2, 0.25) is 0 Å². The van der Waals surface area contributed by atoms with Gasteiger partial charge in [-0.05, 0) is 63.5 Å². The number of anilines is 1. The number of rotatable bonds is 10. The molecule has 0 atom stereocenters. The molecule has 0 saturated carbocycles. The molecule has 2 N–H and O–H groups in total. The third-order valence-corrected chi connectivity index (χ3v) is 5.18. The molecule has 0 bridgehead atoms. The van der Waals surface area contributed by atoms with Gasteiger partial charge in [0.25, 0.3) is 0 Å². The van der Waals surface area contributed by atoms with Crippen molar-refractivity contribution in [3.05, 3.63) is 88.1 Å². The molecule has 0 spiro atoms. The van der Waals surface area contributed by atoms with Crippen molar-refractivity contribution in [2.45, 2.75) is 19.4 Å². The number of ether oxygens (including phenoxy) is 2. The van der Waals surface area contributed by atoms with Crippen LogP contribution in [0, 0.1) is 5.82 Å². The molecular formula is C25H23BrFN3O4. The second kappa shape index (κ2) is 12.5. The summed E-state index contributed by atoms with van der Waals surface area (Å²) in [6.07, 6.45) is 1.37. The minimum Gasteiger partial charge on any atom is -0.493 e. The summed E-state index contributed by atoms with van der Waals surface area (Å²) in [5.41, 5.74) is 4.54. The lowest BCUT2D eigenvalue weighted by Gasteiger charge is -2.13. The molecule has 0 aliphatic rings. The number of hydrogen-bond donors (Lipinski definition) is 2. The fourth-order valence-corrected chi connectivity index (χ4v) is 3.48. The maximum Gasteiger partial charge on any atom is 0.240 e. The topological polar surface area (TPSA) is 89.0 Å². The number of hydrazone groups is 1. The molecule has 9 heteroatoms. The van der Waals surface area contributed by atoms with E-state index in [1.165, 1.54) is 37.6 Å². The Balaban J connectivity index is 1.50. The van der Waals surface area contributed by atoms with E-state index in [4.69, 9.17) is 9.47 Å². The van der Waals surface area contributed by atoms with Crippen LogP contribution in [-0.4, -0.2) is 25.1 Å². The molecule has 3 rings (SSSR count). The third kappa shape index (κ3) is 7.70. The average molecular weight is 528 g/mol. The molecule has 0 unspecified atom stereocenters. The van der Waals surface area contributed by atoms with Gasteiger partial charge >= 0.3 is 0 Å². The van der Waals surface area contributed by atoms with E-state index in [2.05, 4.69) is 31.8 Å². The lowest BCUT2D eigenvalue weighted by molar-refractivity contribution is -0.124. The fourth-order valence-electron chi connectivity index (χ4n) is 2.90. The first-order valence-corrected chi connectivity index (χ1v) is 11.2. The van der Waals surface area contributed by atoms with E-state index in [0.29, 0.717) is 33.8 Å². The van der Waals surface area contributed by atoms with Crippen LogP contribution >= 0.6 is 15.9 Å². The Morgan fingerprint density at radius 3 is 2.44 bits per heavy atom. The molecular weight excluding hydrogens is 505 g/mol. The fraction of sp³-hybridized carbons (Fsp3) is 0.160. The van der Waals surface area contributed by atoms with E-state index in [1.807, 2.05) is 30.3 Å². The third-order valence-electron chi connectivity index (χ3n) is 4.59. The lowest BCUT2D eigenvalue weighted by Crippen LogP contribution is -2.20. The van der Waals surface area contributed by atoms with Gasteiger partial charge in [0.1, 0.15) is 12.4 Å². The molecule has 0 aliphatic heterocycles. The van der Waals surface area contributed by atoms with Crippen molar-refractivity contribution < 1.29 is 23.5 Å². The molecule has 0 radical (unpaired) electrons. The maximum atomic E-state index is 12.9. The number of carbonyl (C=O) groups is 2. The van der Waals surface area contributed by atoms with Crippen molar-refractivity contribution >= 4 is 39.6 Å². The molecule has 0 aromatic heterocycles. The van der Waals surface area contributed by atoms with E-state index < -0.39 is 11.7 Å². The number of hydrogen-bond acceptors (Lipinski definition) is 5. The normalized spacial score (nSPS) is 10.7. The first-order chi connectivity index (χ1) is 16.4. The van der Waals surface area contributed by atoms with E-state index in [9.17, 15) is 14.0 Å². The molecule has 0 heterocycles. The van der Waals surface area contributed by atoms with Crippen molar-refractivity contribution in [1.82, 2.24) is 5.43 Å². The number of halogens is 2. The van der Waals surface area contributed by atoms with Gasteiger partial charge in [0.15, 0.2) is 11.5 Å². The van der Waals surface area contributed by atoms with Gasteiger partial charge in [0.2, 0.25) is 11.8 Å². The predicted molar refractivity (Wildman–Crippen MR) is 131 cm³/mol. The summed E-state index contributed by atoms with van der Waals surface area (Å²) in [5, 5.41) is 6.53. The summed E-state index contributed by atoms with van der Waals surface area (Å²) in [6, 6.07) is 18.7. The molecule has 0 aliphatic carbocycles. The molecule has 3 aromatic rings. The zero-order chi connectivity index (χ0) is 24.3. The number of nitrogens with zero attached hydrogens (tertiary/aromatic N) is 1. The first kappa shape index (κ1) is 24.9. The van der Waals surface area contributed by atoms with Crippen LogP contribution in [-0.2, 0) is 16.2 Å². The van der Waals surface area contributed by atoms with Gasteiger partial charge in [0, 0.05) is 18.5 Å². The highest BCUT2D eigenvalue weighted by Crippen LogP contribution is 2.36. The van der Waals surface area contributed by atoms with Crippen molar-refractivity contribution in [3.8, 4) is 11.5 Å². The number of methoxy groups -OCH3 is 1. The molecule has 3 aromatic carbocycles. The summed E-state index contributed by atoms with van der Waals surface area (Å²) in [4.78, 5) is 23.9. The van der Waals surface area contributed by atoms with Crippen LogP contribution in [0.15, 0.2) is 76.3 Å². The Labute approximate surface area is 205 Å². The highest BCUT2D eigenvalue weighted by Gasteiger charge is 2.12. The highest BCUT2D eigenvalue weighted by atomic mass is 79.9. The van der Waals surface area contributed by atoms with Gasteiger partial charge in [0.05, 0.1) is 17.8 Å². The molecule has 2 amide bonds. The summed E-state index contributed by atoms with van der Waals surface area (Å²) >= 11 is 3.49. The number of amides is 2. The second-order valence-electron chi connectivity index (χ2n) is 7.16. The summed E-state index contributed by atoms with van der Waals surface area (Å²) in [7, 11) is 1.54. The Kier molecular flexibility index (Phi) is 9.16. The highest BCUT2D eigenvalue weighted by molar-refractivity contribution is 9.10. The quantitative estimate of drug-likeness (QED) is 0.285. The van der Waals surface area contributed by atoms with E-state index in [-0.39, 0.29) is 18.7 Å². The zero-order valence-electron chi connectivity index (χ0n) is 18.4. The zero-order valence-corrected chi connectivity index (χ0v) is 20.0. The monoisotopic (exact) mass is 527 g/mol. The Morgan fingerprint density at radius 2 is 1.74 bits per heavy atom. The second-order valence-corrected chi connectivity index (χ2v) is 8.01. The van der Waals surface area contributed by atoms with E-state index >= 15 is 0 Å². The van der Waals surface area contributed by atoms with Gasteiger partial charge in [-0.15, -0.1) is 0 Å².